The monoisotopic (exact) mass is 379 g/mol. The minimum Gasteiger partial charge on any atom is -0.378 e. The van der Waals surface area contributed by atoms with Gasteiger partial charge in [0.25, 0.3) is 11.8 Å². The minimum absolute atomic E-state index is 0.177. The van der Waals surface area contributed by atoms with Gasteiger partial charge in [0, 0.05) is 37.6 Å². The Bertz CT molecular complexity index is 919. The van der Waals surface area contributed by atoms with Gasteiger partial charge < -0.3 is 15.5 Å². The second-order valence-electron chi connectivity index (χ2n) is 6.26. The molecule has 27 heavy (non-hydrogen) atoms. The minimum atomic E-state index is -0.182. The van der Waals surface area contributed by atoms with Crippen molar-refractivity contribution in [2.45, 2.75) is 6.54 Å². The molecule has 2 amide bonds. The summed E-state index contributed by atoms with van der Waals surface area (Å²) in [5.41, 5.74) is 3.23. The third-order valence-electron chi connectivity index (χ3n) is 4.03. The van der Waals surface area contributed by atoms with E-state index in [0.29, 0.717) is 22.7 Å². The molecule has 3 aromatic rings. The van der Waals surface area contributed by atoms with Crippen molar-refractivity contribution in [1.82, 2.24) is 5.32 Å². The molecule has 2 aromatic carbocycles. The van der Waals surface area contributed by atoms with Crippen LogP contribution in [0.2, 0.25) is 0 Å². The first-order chi connectivity index (χ1) is 13.0. The first-order valence-electron chi connectivity index (χ1n) is 8.52. The Morgan fingerprint density at radius 1 is 0.963 bits per heavy atom. The number of rotatable bonds is 6. The fraction of sp³-hybridized carbons (Fsp3) is 0.143. The van der Waals surface area contributed by atoms with Gasteiger partial charge in [-0.05, 0) is 47.3 Å². The van der Waals surface area contributed by atoms with Gasteiger partial charge in [-0.2, -0.15) is 0 Å². The lowest BCUT2D eigenvalue weighted by Crippen LogP contribution is -2.23. The Labute approximate surface area is 162 Å². The summed E-state index contributed by atoms with van der Waals surface area (Å²) in [6.07, 6.45) is 0. The van der Waals surface area contributed by atoms with Crippen LogP contribution in [0.15, 0.2) is 66.0 Å². The van der Waals surface area contributed by atoms with Gasteiger partial charge >= 0.3 is 0 Å². The van der Waals surface area contributed by atoms with E-state index in [1.165, 1.54) is 11.3 Å². The Balaban J connectivity index is 1.60. The number of hydrogen-bond donors (Lipinski definition) is 2. The Hall–Kier alpha value is -3.12. The summed E-state index contributed by atoms with van der Waals surface area (Å²) in [5, 5.41) is 7.58. The summed E-state index contributed by atoms with van der Waals surface area (Å²) in [4.78, 5) is 27.2. The molecule has 0 aliphatic carbocycles. The summed E-state index contributed by atoms with van der Waals surface area (Å²) in [6, 6.07) is 18.5. The molecule has 0 spiro atoms. The predicted octanol–water partition coefficient (Wildman–Crippen LogP) is 4.00. The van der Waals surface area contributed by atoms with Crippen molar-refractivity contribution in [1.29, 1.82) is 0 Å². The fourth-order valence-corrected chi connectivity index (χ4v) is 3.15. The third-order valence-corrected chi connectivity index (χ3v) is 4.90. The highest BCUT2D eigenvalue weighted by molar-refractivity contribution is 7.12. The molecule has 1 heterocycles. The zero-order valence-electron chi connectivity index (χ0n) is 15.2. The molecule has 0 saturated carbocycles. The van der Waals surface area contributed by atoms with E-state index in [1.807, 2.05) is 54.7 Å². The van der Waals surface area contributed by atoms with Crippen LogP contribution in [0.4, 0.5) is 11.4 Å². The summed E-state index contributed by atoms with van der Waals surface area (Å²) in [6.45, 7) is 0.443. The van der Waals surface area contributed by atoms with E-state index in [2.05, 4.69) is 10.6 Å². The van der Waals surface area contributed by atoms with Crippen molar-refractivity contribution in [2.24, 2.45) is 0 Å². The van der Waals surface area contributed by atoms with Crippen LogP contribution >= 0.6 is 11.3 Å². The van der Waals surface area contributed by atoms with Gasteiger partial charge in [-0.3, -0.25) is 9.59 Å². The molecule has 3 rings (SSSR count). The highest BCUT2D eigenvalue weighted by Crippen LogP contribution is 2.16. The molecule has 6 heteroatoms. The van der Waals surface area contributed by atoms with Crippen molar-refractivity contribution in [3.63, 3.8) is 0 Å². The largest absolute Gasteiger partial charge is 0.378 e. The van der Waals surface area contributed by atoms with Crippen molar-refractivity contribution < 1.29 is 9.59 Å². The maximum absolute atomic E-state index is 12.4. The van der Waals surface area contributed by atoms with Crippen LogP contribution in [0.25, 0.3) is 0 Å². The van der Waals surface area contributed by atoms with Crippen LogP contribution < -0.4 is 15.5 Å². The van der Waals surface area contributed by atoms with E-state index in [9.17, 15) is 9.59 Å². The predicted molar refractivity (Wildman–Crippen MR) is 111 cm³/mol. The zero-order valence-corrected chi connectivity index (χ0v) is 16.0. The van der Waals surface area contributed by atoms with Crippen LogP contribution in [0.5, 0.6) is 0 Å². The van der Waals surface area contributed by atoms with E-state index in [0.717, 1.165) is 11.3 Å². The number of anilines is 2. The van der Waals surface area contributed by atoms with Crippen molar-refractivity contribution >= 4 is 34.5 Å². The average Bonchev–Trinajstić information content (AvgIpc) is 3.21. The normalized spacial score (nSPS) is 10.3. The van der Waals surface area contributed by atoms with Gasteiger partial charge in [-0.15, -0.1) is 11.3 Å². The molecule has 2 N–H and O–H groups in total. The molecule has 0 atom stereocenters. The molecule has 0 aliphatic rings. The first-order valence-corrected chi connectivity index (χ1v) is 9.40. The van der Waals surface area contributed by atoms with Gasteiger partial charge in [0.1, 0.15) is 0 Å². The molecule has 0 saturated heterocycles. The molecule has 0 aliphatic heterocycles. The summed E-state index contributed by atoms with van der Waals surface area (Å²) in [5.74, 6) is -0.359. The van der Waals surface area contributed by atoms with Gasteiger partial charge in [0.05, 0.1) is 4.88 Å². The fourth-order valence-electron chi connectivity index (χ4n) is 2.53. The molecular formula is C21H21N3O2S. The first kappa shape index (κ1) is 18.7. The molecule has 0 fully saturated rings. The smallest absolute Gasteiger partial charge is 0.265 e. The SMILES string of the molecule is CN(C)c1ccc(CNC(=O)c2cccc(NC(=O)c3cccs3)c2)cc1. The number of amides is 2. The number of benzene rings is 2. The number of carbonyl (C=O) groups excluding carboxylic acids is 2. The Morgan fingerprint density at radius 2 is 1.74 bits per heavy atom. The molecule has 1 aromatic heterocycles. The standard InChI is InChI=1S/C21H21N3O2S/c1-24(2)18-10-8-15(9-11-18)14-22-20(25)16-5-3-6-17(13-16)23-21(26)19-7-4-12-27-19/h3-13H,14H2,1-2H3,(H,22,25)(H,23,26). The second kappa shape index (κ2) is 8.51. The maximum atomic E-state index is 12.4. The number of nitrogens with zero attached hydrogens (tertiary/aromatic N) is 1. The third kappa shape index (κ3) is 4.95. The quantitative estimate of drug-likeness (QED) is 0.681. The van der Waals surface area contributed by atoms with Gasteiger partial charge in [0.15, 0.2) is 0 Å². The second-order valence-corrected chi connectivity index (χ2v) is 7.20. The lowest BCUT2D eigenvalue weighted by molar-refractivity contribution is 0.0949. The molecule has 0 radical (unpaired) electrons. The van der Waals surface area contributed by atoms with Crippen LogP contribution in [-0.4, -0.2) is 25.9 Å². The van der Waals surface area contributed by atoms with E-state index in [4.69, 9.17) is 0 Å². The lowest BCUT2D eigenvalue weighted by atomic mass is 10.1. The average molecular weight is 379 g/mol. The van der Waals surface area contributed by atoms with Crippen LogP contribution in [0.1, 0.15) is 25.6 Å². The van der Waals surface area contributed by atoms with Crippen LogP contribution in [-0.2, 0) is 6.54 Å². The number of hydrogen-bond acceptors (Lipinski definition) is 4. The summed E-state index contributed by atoms with van der Waals surface area (Å²) < 4.78 is 0. The Kier molecular flexibility index (Phi) is 5.88. The molecule has 5 nitrogen and oxygen atoms in total. The van der Waals surface area contributed by atoms with Crippen molar-refractivity contribution in [3.05, 3.63) is 82.0 Å². The molecule has 138 valence electrons. The Morgan fingerprint density at radius 3 is 2.41 bits per heavy atom. The van der Waals surface area contributed by atoms with E-state index >= 15 is 0 Å². The number of thiophene rings is 1. The van der Waals surface area contributed by atoms with E-state index in [-0.39, 0.29) is 11.8 Å². The number of carbonyl (C=O) groups is 2. The summed E-state index contributed by atoms with van der Waals surface area (Å²) in [7, 11) is 3.97. The van der Waals surface area contributed by atoms with Gasteiger partial charge in [-0.1, -0.05) is 24.3 Å². The topological polar surface area (TPSA) is 61.4 Å². The molecular weight excluding hydrogens is 358 g/mol. The van der Waals surface area contributed by atoms with Crippen molar-refractivity contribution in [2.75, 3.05) is 24.3 Å². The number of nitrogens with one attached hydrogen (secondary N) is 2. The van der Waals surface area contributed by atoms with Crippen molar-refractivity contribution in [3.8, 4) is 0 Å². The highest BCUT2D eigenvalue weighted by Gasteiger charge is 2.10. The molecule has 0 unspecified atom stereocenters. The van der Waals surface area contributed by atoms with E-state index in [1.54, 1.807) is 30.3 Å². The lowest BCUT2D eigenvalue weighted by Gasteiger charge is -2.13. The van der Waals surface area contributed by atoms with Gasteiger partial charge in [-0.25, -0.2) is 0 Å². The molecule has 0 bridgehead atoms. The maximum Gasteiger partial charge on any atom is 0.265 e. The van der Waals surface area contributed by atoms with Gasteiger partial charge in [0.2, 0.25) is 0 Å². The van der Waals surface area contributed by atoms with Crippen LogP contribution in [0.3, 0.4) is 0 Å². The summed E-state index contributed by atoms with van der Waals surface area (Å²) >= 11 is 1.37. The van der Waals surface area contributed by atoms with Crippen LogP contribution in [0, 0.1) is 0 Å². The zero-order chi connectivity index (χ0) is 19.2. The highest BCUT2D eigenvalue weighted by atomic mass is 32.1. The van der Waals surface area contributed by atoms with E-state index < -0.39 is 0 Å².